The number of aromatic nitrogens is 2. The summed E-state index contributed by atoms with van der Waals surface area (Å²) in [5, 5.41) is 3.24. The molecule has 0 amide bonds. The number of H-pyrrole nitrogens is 1. The van der Waals surface area contributed by atoms with Gasteiger partial charge in [-0.15, -0.1) is 0 Å². The second-order valence-corrected chi connectivity index (χ2v) is 7.50. The monoisotopic (exact) mass is 340 g/mol. The molecule has 134 valence electrons. The SMILES string of the molecule is Cc1cc(C)c(-n2[nH]c(CCCC(=O)C3CCCC3)cc2=O)c(C)c1. The second-order valence-electron chi connectivity index (χ2n) is 7.50. The van der Waals surface area contributed by atoms with Gasteiger partial charge in [-0.25, -0.2) is 4.68 Å². The molecule has 1 N–H and O–H groups in total. The number of aromatic amines is 1. The van der Waals surface area contributed by atoms with E-state index in [9.17, 15) is 9.59 Å². The van der Waals surface area contributed by atoms with E-state index in [1.165, 1.54) is 18.4 Å². The predicted molar refractivity (Wildman–Crippen MR) is 101 cm³/mol. The molecule has 1 aliphatic rings. The fourth-order valence-electron chi connectivity index (χ4n) is 4.17. The fourth-order valence-corrected chi connectivity index (χ4v) is 4.17. The normalized spacial score (nSPS) is 15.0. The third-order valence-electron chi connectivity index (χ3n) is 5.31. The molecule has 1 saturated carbocycles. The van der Waals surface area contributed by atoms with Crippen LogP contribution in [0.4, 0.5) is 0 Å². The fraction of sp³-hybridized carbons (Fsp3) is 0.524. The first kappa shape index (κ1) is 17.7. The van der Waals surface area contributed by atoms with Crippen LogP contribution in [0.1, 0.15) is 60.9 Å². The highest BCUT2D eigenvalue weighted by molar-refractivity contribution is 5.81. The number of carbonyl (C=O) groups excluding carboxylic acids is 1. The molecular weight excluding hydrogens is 312 g/mol. The minimum absolute atomic E-state index is 0.0350. The number of aryl methyl sites for hydroxylation is 4. The Labute approximate surface area is 149 Å². The van der Waals surface area contributed by atoms with Crippen LogP contribution in [0.15, 0.2) is 23.0 Å². The Morgan fingerprint density at radius 2 is 1.76 bits per heavy atom. The maximum atomic E-state index is 12.4. The number of carbonyl (C=O) groups is 1. The van der Waals surface area contributed by atoms with E-state index in [0.717, 1.165) is 48.2 Å². The number of ketones is 1. The van der Waals surface area contributed by atoms with Gasteiger partial charge in [-0.3, -0.25) is 14.7 Å². The summed E-state index contributed by atoms with van der Waals surface area (Å²) in [5.74, 6) is 0.700. The Bertz CT molecular complexity index is 800. The zero-order valence-corrected chi connectivity index (χ0v) is 15.5. The van der Waals surface area contributed by atoms with Gasteiger partial charge in [0.05, 0.1) is 5.69 Å². The first-order chi connectivity index (χ1) is 12.0. The Kier molecular flexibility index (Phi) is 5.26. The summed E-state index contributed by atoms with van der Waals surface area (Å²) in [6.45, 7) is 6.12. The maximum absolute atomic E-state index is 12.4. The van der Waals surface area contributed by atoms with Crippen LogP contribution in [0.5, 0.6) is 0 Å². The number of hydrogen-bond donors (Lipinski definition) is 1. The molecule has 2 aromatic rings. The standard InChI is InChI=1S/C21H28N2O2/c1-14-11-15(2)21(16(3)12-14)23-20(25)13-18(22-23)9-6-10-19(24)17-7-4-5-8-17/h11-13,17,22H,4-10H2,1-3H3. The number of nitrogens with zero attached hydrogens (tertiary/aromatic N) is 1. The smallest absolute Gasteiger partial charge is 0.271 e. The van der Waals surface area contributed by atoms with Crippen molar-refractivity contribution in [1.82, 2.24) is 9.78 Å². The van der Waals surface area contributed by atoms with Gasteiger partial charge in [0.1, 0.15) is 5.78 Å². The molecule has 0 bridgehead atoms. The first-order valence-electron chi connectivity index (χ1n) is 9.37. The Morgan fingerprint density at radius 3 is 2.40 bits per heavy atom. The van der Waals surface area contributed by atoms with Crippen LogP contribution in [0.25, 0.3) is 5.69 Å². The average molecular weight is 340 g/mol. The summed E-state index contributed by atoms with van der Waals surface area (Å²) in [5.41, 5.74) is 5.18. The lowest BCUT2D eigenvalue weighted by atomic mass is 9.98. The van der Waals surface area contributed by atoms with Crippen LogP contribution < -0.4 is 5.56 Å². The van der Waals surface area contributed by atoms with Gasteiger partial charge in [-0.2, -0.15) is 0 Å². The molecule has 0 radical (unpaired) electrons. The number of nitrogens with one attached hydrogen (secondary N) is 1. The van der Waals surface area contributed by atoms with Crippen LogP contribution in [0.2, 0.25) is 0 Å². The lowest BCUT2D eigenvalue weighted by molar-refractivity contribution is -0.122. The molecule has 25 heavy (non-hydrogen) atoms. The second kappa shape index (κ2) is 7.42. The minimum atomic E-state index is -0.0350. The summed E-state index contributed by atoms with van der Waals surface area (Å²) in [7, 11) is 0. The van der Waals surface area contributed by atoms with E-state index in [4.69, 9.17) is 0 Å². The Balaban J connectivity index is 1.69. The summed E-state index contributed by atoms with van der Waals surface area (Å²) in [6.07, 6.45) is 6.70. The van der Waals surface area contributed by atoms with E-state index in [-0.39, 0.29) is 5.56 Å². The van der Waals surface area contributed by atoms with Crippen molar-refractivity contribution in [2.75, 3.05) is 0 Å². The highest BCUT2D eigenvalue weighted by Crippen LogP contribution is 2.27. The van der Waals surface area contributed by atoms with Crippen LogP contribution in [-0.4, -0.2) is 15.6 Å². The van der Waals surface area contributed by atoms with Crippen molar-refractivity contribution in [2.45, 2.75) is 65.7 Å². The van der Waals surface area contributed by atoms with Gasteiger partial charge in [0.15, 0.2) is 0 Å². The minimum Gasteiger partial charge on any atom is -0.299 e. The molecule has 1 heterocycles. The Hall–Kier alpha value is -2.10. The van der Waals surface area contributed by atoms with Gasteiger partial charge in [-0.1, -0.05) is 30.5 Å². The van der Waals surface area contributed by atoms with Gasteiger partial charge in [0.25, 0.3) is 5.56 Å². The third kappa shape index (κ3) is 3.94. The molecule has 1 fully saturated rings. The molecule has 0 aliphatic heterocycles. The zero-order valence-electron chi connectivity index (χ0n) is 15.5. The van der Waals surface area contributed by atoms with Crippen molar-refractivity contribution in [3.8, 4) is 5.69 Å². The quantitative estimate of drug-likeness (QED) is 0.858. The van der Waals surface area contributed by atoms with Gasteiger partial charge in [0.2, 0.25) is 0 Å². The van der Waals surface area contributed by atoms with Crippen molar-refractivity contribution in [3.05, 3.63) is 50.9 Å². The number of benzene rings is 1. The topological polar surface area (TPSA) is 54.9 Å². The lowest BCUT2D eigenvalue weighted by Gasteiger charge is -2.11. The number of Topliss-reactive ketones (excluding diaryl/α,β-unsaturated/α-hetero) is 1. The highest BCUT2D eigenvalue weighted by Gasteiger charge is 2.22. The van der Waals surface area contributed by atoms with Crippen molar-refractivity contribution >= 4 is 5.78 Å². The third-order valence-corrected chi connectivity index (χ3v) is 5.31. The van der Waals surface area contributed by atoms with Crippen molar-refractivity contribution in [3.63, 3.8) is 0 Å². The summed E-state index contributed by atoms with van der Waals surface area (Å²) >= 11 is 0. The molecule has 1 aliphatic carbocycles. The van der Waals surface area contributed by atoms with Gasteiger partial charge in [-0.05, 0) is 57.6 Å². The molecule has 4 heteroatoms. The molecule has 0 spiro atoms. The zero-order chi connectivity index (χ0) is 18.0. The molecule has 1 aromatic heterocycles. The van der Waals surface area contributed by atoms with E-state index in [1.54, 1.807) is 10.7 Å². The number of hydrogen-bond acceptors (Lipinski definition) is 2. The molecule has 0 unspecified atom stereocenters. The lowest BCUT2D eigenvalue weighted by Crippen LogP contribution is -2.16. The summed E-state index contributed by atoms with van der Waals surface area (Å²) < 4.78 is 1.64. The van der Waals surface area contributed by atoms with E-state index >= 15 is 0 Å². The van der Waals surface area contributed by atoms with E-state index in [2.05, 4.69) is 24.2 Å². The van der Waals surface area contributed by atoms with E-state index < -0.39 is 0 Å². The Morgan fingerprint density at radius 1 is 1.12 bits per heavy atom. The maximum Gasteiger partial charge on any atom is 0.271 e. The molecule has 1 aromatic carbocycles. The largest absolute Gasteiger partial charge is 0.299 e. The molecule has 0 saturated heterocycles. The molecular formula is C21H28N2O2. The average Bonchev–Trinajstić information content (AvgIpc) is 3.17. The summed E-state index contributed by atoms with van der Waals surface area (Å²) in [6, 6.07) is 5.85. The molecule has 3 rings (SSSR count). The predicted octanol–water partition coefficient (Wildman–Crippen LogP) is 4.17. The van der Waals surface area contributed by atoms with Crippen LogP contribution in [0, 0.1) is 26.7 Å². The summed E-state index contributed by atoms with van der Waals surface area (Å²) in [4.78, 5) is 24.6. The van der Waals surface area contributed by atoms with Crippen molar-refractivity contribution < 1.29 is 4.79 Å². The van der Waals surface area contributed by atoms with Gasteiger partial charge in [0, 0.05) is 24.1 Å². The number of rotatable bonds is 6. The van der Waals surface area contributed by atoms with Crippen LogP contribution in [-0.2, 0) is 11.2 Å². The molecule has 0 atom stereocenters. The van der Waals surface area contributed by atoms with Crippen molar-refractivity contribution in [1.29, 1.82) is 0 Å². The van der Waals surface area contributed by atoms with Crippen molar-refractivity contribution in [2.24, 2.45) is 5.92 Å². The van der Waals surface area contributed by atoms with E-state index in [0.29, 0.717) is 18.1 Å². The van der Waals surface area contributed by atoms with Crippen LogP contribution in [0.3, 0.4) is 0 Å². The van der Waals surface area contributed by atoms with Gasteiger partial charge >= 0.3 is 0 Å². The van der Waals surface area contributed by atoms with Crippen LogP contribution >= 0.6 is 0 Å². The first-order valence-corrected chi connectivity index (χ1v) is 9.37. The van der Waals surface area contributed by atoms with Gasteiger partial charge < -0.3 is 0 Å². The van der Waals surface area contributed by atoms with E-state index in [1.807, 2.05) is 13.8 Å². The molecule has 4 nitrogen and oxygen atoms in total. The highest BCUT2D eigenvalue weighted by atomic mass is 16.1.